The van der Waals surface area contributed by atoms with Gasteiger partial charge >= 0.3 is 5.97 Å². The summed E-state index contributed by atoms with van der Waals surface area (Å²) in [6.07, 6.45) is 1.31. The molecular weight excluding hydrogens is 478 g/mol. The zero-order valence-electron chi connectivity index (χ0n) is 19.6. The maximum absolute atomic E-state index is 12.4. The molecule has 0 fully saturated rings. The summed E-state index contributed by atoms with van der Waals surface area (Å²) in [7, 11) is 1.61. The van der Waals surface area contributed by atoms with Gasteiger partial charge in [0.05, 0.1) is 24.6 Å². The second-order valence-electron chi connectivity index (χ2n) is 7.68. The van der Waals surface area contributed by atoms with Crippen molar-refractivity contribution in [1.29, 1.82) is 0 Å². The third-order valence-corrected chi connectivity index (χ3v) is 6.12. The number of hydrogen-bond donors (Lipinski definition) is 2. The number of aromatic carboxylic acids is 1. The fraction of sp³-hybridized carbons (Fsp3) is 0.115. The first kappa shape index (κ1) is 24.7. The Morgan fingerprint density at radius 3 is 2.47 bits per heavy atom. The van der Waals surface area contributed by atoms with Crippen molar-refractivity contribution in [3.05, 3.63) is 89.5 Å². The Morgan fingerprint density at radius 2 is 1.78 bits per heavy atom. The SMILES string of the molecule is COc1ccc(-c2nnc(SCC(=O)NN=Cc3ccccc3C(=O)O)n2-c2ccc(C)cc2)cc1. The maximum Gasteiger partial charge on any atom is 0.336 e. The van der Waals surface area contributed by atoms with Crippen LogP contribution in [0.5, 0.6) is 5.75 Å². The second-order valence-corrected chi connectivity index (χ2v) is 8.62. The molecule has 0 saturated carbocycles. The van der Waals surface area contributed by atoms with E-state index in [-0.39, 0.29) is 17.2 Å². The predicted molar refractivity (Wildman–Crippen MR) is 138 cm³/mol. The van der Waals surface area contributed by atoms with Gasteiger partial charge < -0.3 is 9.84 Å². The molecule has 0 saturated heterocycles. The van der Waals surface area contributed by atoms with Crippen LogP contribution in [0.3, 0.4) is 0 Å². The van der Waals surface area contributed by atoms with E-state index >= 15 is 0 Å². The van der Waals surface area contributed by atoms with Gasteiger partial charge in [-0.25, -0.2) is 10.2 Å². The van der Waals surface area contributed by atoms with Gasteiger partial charge in [0, 0.05) is 16.8 Å². The summed E-state index contributed by atoms with van der Waals surface area (Å²) < 4.78 is 7.14. The molecule has 3 aromatic carbocycles. The molecule has 0 aliphatic heterocycles. The molecule has 2 N–H and O–H groups in total. The standard InChI is InChI=1S/C26H23N5O4S/c1-17-7-11-20(12-8-17)31-24(18-9-13-21(35-2)14-10-18)29-30-26(31)36-16-23(32)28-27-15-19-5-3-4-6-22(19)25(33)34/h3-15H,16H2,1-2H3,(H,28,32)(H,33,34). The molecule has 10 heteroatoms. The van der Waals surface area contributed by atoms with Crippen LogP contribution in [0.1, 0.15) is 21.5 Å². The number of rotatable bonds is 9. The van der Waals surface area contributed by atoms with E-state index in [0.29, 0.717) is 16.5 Å². The van der Waals surface area contributed by atoms with E-state index in [9.17, 15) is 14.7 Å². The Bertz CT molecular complexity index is 1400. The van der Waals surface area contributed by atoms with Crippen molar-refractivity contribution in [2.24, 2.45) is 5.10 Å². The van der Waals surface area contributed by atoms with E-state index in [0.717, 1.165) is 22.6 Å². The number of aromatic nitrogens is 3. The highest BCUT2D eigenvalue weighted by Gasteiger charge is 2.17. The van der Waals surface area contributed by atoms with E-state index in [2.05, 4.69) is 20.7 Å². The van der Waals surface area contributed by atoms with Gasteiger partial charge in [-0.15, -0.1) is 10.2 Å². The monoisotopic (exact) mass is 501 g/mol. The first-order valence-corrected chi connectivity index (χ1v) is 11.9. The largest absolute Gasteiger partial charge is 0.497 e. The van der Waals surface area contributed by atoms with Crippen molar-refractivity contribution in [3.8, 4) is 22.8 Å². The molecule has 0 spiro atoms. The highest BCUT2D eigenvalue weighted by Crippen LogP contribution is 2.29. The number of carbonyl (C=O) groups excluding carboxylic acids is 1. The number of nitrogens with zero attached hydrogens (tertiary/aromatic N) is 4. The number of carbonyl (C=O) groups is 2. The topological polar surface area (TPSA) is 119 Å². The molecule has 182 valence electrons. The van der Waals surface area contributed by atoms with Gasteiger partial charge in [0.2, 0.25) is 0 Å². The fourth-order valence-corrected chi connectivity index (χ4v) is 4.10. The van der Waals surface area contributed by atoms with Crippen molar-refractivity contribution in [2.75, 3.05) is 12.9 Å². The Labute approximate surface area is 211 Å². The summed E-state index contributed by atoms with van der Waals surface area (Å²) in [6, 6.07) is 21.9. The highest BCUT2D eigenvalue weighted by molar-refractivity contribution is 7.99. The van der Waals surface area contributed by atoms with Crippen molar-refractivity contribution >= 4 is 29.9 Å². The van der Waals surface area contributed by atoms with Crippen LogP contribution in [0.2, 0.25) is 0 Å². The predicted octanol–water partition coefficient (Wildman–Crippen LogP) is 4.19. The van der Waals surface area contributed by atoms with E-state index in [1.165, 1.54) is 24.0 Å². The number of ether oxygens (including phenoxy) is 1. The van der Waals surface area contributed by atoms with Crippen LogP contribution in [0.4, 0.5) is 0 Å². The number of methoxy groups -OCH3 is 1. The molecule has 0 bridgehead atoms. The molecule has 0 aliphatic rings. The van der Waals surface area contributed by atoms with E-state index < -0.39 is 5.97 Å². The molecule has 4 rings (SSSR count). The van der Waals surface area contributed by atoms with Gasteiger partial charge in [-0.1, -0.05) is 47.7 Å². The number of thioether (sulfide) groups is 1. The van der Waals surface area contributed by atoms with Crippen LogP contribution >= 0.6 is 11.8 Å². The molecule has 1 heterocycles. The molecular formula is C26H23N5O4S. The van der Waals surface area contributed by atoms with Gasteiger partial charge in [0.25, 0.3) is 5.91 Å². The normalized spacial score (nSPS) is 10.9. The molecule has 4 aromatic rings. The zero-order chi connectivity index (χ0) is 25.5. The number of hydrazone groups is 1. The van der Waals surface area contributed by atoms with Crippen molar-refractivity contribution in [1.82, 2.24) is 20.2 Å². The second kappa shape index (κ2) is 11.3. The summed E-state index contributed by atoms with van der Waals surface area (Å²) in [5.74, 6) is -0.0361. The zero-order valence-corrected chi connectivity index (χ0v) is 20.4. The lowest BCUT2D eigenvalue weighted by molar-refractivity contribution is -0.118. The Kier molecular flexibility index (Phi) is 7.76. The number of carboxylic acids is 1. The lowest BCUT2D eigenvalue weighted by atomic mass is 10.1. The van der Waals surface area contributed by atoms with Crippen LogP contribution in [-0.2, 0) is 4.79 Å². The fourth-order valence-electron chi connectivity index (χ4n) is 3.36. The highest BCUT2D eigenvalue weighted by atomic mass is 32.2. The minimum Gasteiger partial charge on any atom is -0.497 e. The van der Waals surface area contributed by atoms with Gasteiger partial charge in [-0.2, -0.15) is 5.10 Å². The molecule has 1 amide bonds. The first-order chi connectivity index (χ1) is 17.5. The third kappa shape index (κ3) is 5.78. The Balaban J connectivity index is 1.51. The lowest BCUT2D eigenvalue weighted by Gasteiger charge is -2.11. The van der Waals surface area contributed by atoms with E-state index in [4.69, 9.17) is 4.74 Å². The first-order valence-electron chi connectivity index (χ1n) is 10.9. The number of aryl methyl sites for hydroxylation is 1. The average molecular weight is 502 g/mol. The summed E-state index contributed by atoms with van der Waals surface area (Å²) in [5, 5.41) is 22.4. The number of nitrogens with one attached hydrogen (secondary N) is 1. The molecule has 0 aliphatic carbocycles. The number of benzene rings is 3. The number of hydrogen-bond acceptors (Lipinski definition) is 7. The maximum atomic E-state index is 12.4. The molecule has 36 heavy (non-hydrogen) atoms. The summed E-state index contributed by atoms with van der Waals surface area (Å²) in [5.41, 5.74) is 5.75. The van der Waals surface area contributed by atoms with Crippen molar-refractivity contribution in [3.63, 3.8) is 0 Å². The molecule has 9 nitrogen and oxygen atoms in total. The summed E-state index contributed by atoms with van der Waals surface area (Å²) in [4.78, 5) is 23.7. The summed E-state index contributed by atoms with van der Waals surface area (Å²) >= 11 is 1.22. The lowest BCUT2D eigenvalue weighted by Crippen LogP contribution is -2.20. The van der Waals surface area contributed by atoms with E-state index in [1.807, 2.05) is 60.0 Å². The minimum absolute atomic E-state index is 0.0323. The average Bonchev–Trinajstić information content (AvgIpc) is 3.32. The van der Waals surface area contributed by atoms with E-state index in [1.54, 1.807) is 25.3 Å². The van der Waals surface area contributed by atoms with Crippen molar-refractivity contribution < 1.29 is 19.4 Å². The molecule has 0 unspecified atom stereocenters. The third-order valence-electron chi connectivity index (χ3n) is 5.19. The molecule has 1 aromatic heterocycles. The quantitative estimate of drug-likeness (QED) is 0.200. The van der Waals surface area contributed by atoms with Crippen LogP contribution in [0.25, 0.3) is 17.1 Å². The smallest absolute Gasteiger partial charge is 0.336 e. The van der Waals surface area contributed by atoms with Gasteiger partial charge in [-0.3, -0.25) is 9.36 Å². The van der Waals surface area contributed by atoms with Crippen LogP contribution < -0.4 is 10.2 Å². The van der Waals surface area contributed by atoms with Crippen LogP contribution in [0, 0.1) is 6.92 Å². The van der Waals surface area contributed by atoms with Crippen LogP contribution in [0.15, 0.2) is 83.1 Å². The summed E-state index contributed by atoms with van der Waals surface area (Å²) in [6.45, 7) is 2.01. The Hall–Kier alpha value is -4.44. The molecule has 0 radical (unpaired) electrons. The minimum atomic E-state index is -1.07. The van der Waals surface area contributed by atoms with Crippen molar-refractivity contribution in [2.45, 2.75) is 12.1 Å². The van der Waals surface area contributed by atoms with Crippen LogP contribution in [-0.4, -0.2) is 50.8 Å². The molecule has 0 atom stereocenters. The van der Waals surface area contributed by atoms with Gasteiger partial charge in [-0.05, 0) is 49.4 Å². The van der Waals surface area contributed by atoms with Gasteiger partial charge in [0.1, 0.15) is 5.75 Å². The number of amides is 1. The number of carboxylic acid groups (broad SMARTS) is 1. The van der Waals surface area contributed by atoms with Gasteiger partial charge in [0.15, 0.2) is 11.0 Å². The Morgan fingerprint density at radius 1 is 1.06 bits per heavy atom.